The van der Waals surface area contributed by atoms with E-state index in [1.807, 2.05) is 6.92 Å². The van der Waals surface area contributed by atoms with Crippen LogP contribution in [-0.2, 0) is 6.18 Å². The van der Waals surface area contributed by atoms with Crippen molar-refractivity contribution in [2.24, 2.45) is 0 Å². The molecule has 118 valence electrons. The lowest BCUT2D eigenvalue weighted by molar-refractivity contribution is -0.138. The van der Waals surface area contributed by atoms with Crippen molar-refractivity contribution in [1.82, 2.24) is 5.32 Å². The van der Waals surface area contributed by atoms with Crippen LogP contribution in [0.15, 0.2) is 12.1 Å². The van der Waals surface area contributed by atoms with Crippen molar-refractivity contribution < 1.29 is 22.6 Å². The molecular weight excluding hydrogens is 283 g/mol. The molecule has 1 saturated heterocycles. The van der Waals surface area contributed by atoms with E-state index in [1.54, 1.807) is 0 Å². The van der Waals surface area contributed by atoms with E-state index in [0.717, 1.165) is 31.0 Å². The molecule has 2 unspecified atom stereocenters. The standard InChI is InChI=1S/C15H20F3NO2/c1-9(12-5-4-6-19-12)10-7-14(21-3)11(15(16,17)18)8-13(10)20-2/h7-9,12,19H,4-6H2,1-3H3. The van der Waals surface area contributed by atoms with Gasteiger partial charge in [-0.2, -0.15) is 13.2 Å². The quantitative estimate of drug-likeness (QED) is 0.922. The van der Waals surface area contributed by atoms with Crippen LogP contribution in [0.3, 0.4) is 0 Å². The Morgan fingerprint density at radius 3 is 2.33 bits per heavy atom. The van der Waals surface area contributed by atoms with Crippen molar-refractivity contribution in [3.63, 3.8) is 0 Å². The minimum Gasteiger partial charge on any atom is -0.496 e. The van der Waals surface area contributed by atoms with Gasteiger partial charge in [-0.3, -0.25) is 0 Å². The van der Waals surface area contributed by atoms with Crippen LogP contribution in [-0.4, -0.2) is 26.8 Å². The van der Waals surface area contributed by atoms with Crippen molar-refractivity contribution in [3.8, 4) is 11.5 Å². The number of ether oxygens (including phenoxy) is 2. The summed E-state index contributed by atoms with van der Waals surface area (Å²) in [5, 5.41) is 3.37. The summed E-state index contributed by atoms with van der Waals surface area (Å²) in [5.74, 6) is 0.145. The molecule has 1 aliphatic rings. The smallest absolute Gasteiger partial charge is 0.420 e. The highest BCUT2D eigenvalue weighted by atomic mass is 19.4. The maximum atomic E-state index is 13.0. The van der Waals surface area contributed by atoms with Crippen LogP contribution < -0.4 is 14.8 Å². The van der Waals surface area contributed by atoms with Gasteiger partial charge >= 0.3 is 6.18 Å². The topological polar surface area (TPSA) is 30.5 Å². The second-order valence-corrected chi connectivity index (χ2v) is 5.28. The third-order valence-electron chi connectivity index (χ3n) is 4.05. The van der Waals surface area contributed by atoms with E-state index >= 15 is 0 Å². The Morgan fingerprint density at radius 2 is 1.86 bits per heavy atom. The lowest BCUT2D eigenvalue weighted by atomic mass is 9.90. The normalized spacial score (nSPS) is 20.4. The van der Waals surface area contributed by atoms with Crippen LogP contribution >= 0.6 is 0 Å². The first-order valence-electron chi connectivity index (χ1n) is 6.95. The third kappa shape index (κ3) is 3.26. The summed E-state index contributed by atoms with van der Waals surface area (Å²) in [6.45, 7) is 2.93. The van der Waals surface area contributed by atoms with Gasteiger partial charge in [-0.05, 0) is 31.5 Å². The van der Waals surface area contributed by atoms with E-state index in [4.69, 9.17) is 9.47 Å². The molecule has 0 radical (unpaired) electrons. The molecule has 1 heterocycles. The van der Waals surface area contributed by atoms with E-state index in [1.165, 1.54) is 20.3 Å². The van der Waals surface area contributed by atoms with E-state index < -0.39 is 11.7 Å². The van der Waals surface area contributed by atoms with Crippen LogP contribution in [0.25, 0.3) is 0 Å². The molecule has 1 aromatic carbocycles. The van der Waals surface area contributed by atoms with Gasteiger partial charge in [-0.15, -0.1) is 0 Å². The van der Waals surface area contributed by atoms with Crippen LogP contribution in [0.2, 0.25) is 0 Å². The van der Waals surface area contributed by atoms with Gasteiger partial charge in [0, 0.05) is 17.5 Å². The fraction of sp³-hybridized carbons (Fsp3) is 0.600. The van der Waals surface area contributed by atoms with Gasteiger partial charge in [0.15, 0.2) is 0 Å². The van der Waals surface area contributed by atoms with Gasteiger partial charge in [0.2, 0.25) is 0 Å². The summed E-state index contributed by atoms with van der Waals surface area (Å²) >= 11 is 0. The monoisotopic (exact) mass is 303 g/mol. The average molecular weight is 303 g/mol. The molecule has 1 fully saturated rings. The van der Waals surface area contributed by atoms with Gasteiger partial charge in [-0.1, -0.05) is 6.92 Å². The van der Waals surface area contributed by atoms with Gasteiger partial charge in [0.05, 0.1) is 14.2 Å². The number of methoxy groups -OCH3 is 2. The van der Waals surface area contributed by atoms with Crippen LogP contribution in [0.1, 0.15) is 36.8 Å². The fourth-order valence-electron chi connectivity index (χ4n) is 2.85. The predicted octanol–water partition coefficient (Wildman–Crippen LogP) is 3.58. The second kappa shape index (κ2) is 6.13. The first kappa shape index (κ1) is 15.9. The maximum absolute atomic E-state index is 13.0. The molecule has 0 spiro atoms. The molecule has 0 aliphatic carbocycles. The average Bonchev–Trinajstić information content (AvgIpc) is 2.98. The summed E-state index contributed by atoms with van der Waals surface area (Å²) < 4.78 is 49.2. The number of nitrogens with one attached hydrogen (secondary N) is 1. The van der Waals surface area contributed by atoms with Crippen molar-refractivity contribution >= 4 is 0 Å². The SMILES string of the molecule is COc1cc(C(F)(F)F)c(OC)cc1C(C)C1CCCN1. The number of hydrogen-bond donors (Lipinski definition) is 1. The van der Waals surface area contributed by atoms with Crippen molar-refractivity contribution in [3.05, 3.63) is 23.3 Å². The van der Waals surface area contributed by atoms with Crippen LogP contribution in [0.4, 0.5) is 13.2 Å². The Balaban J connectivity index is 2.45. The Bertz CT molecular complexity index is 496. The van der Waals surface area contributed by atoms with Gasteiger partial charge in [0.25, 0.3) is 0 Å². The molecule has 0 amide bonds. The minimum atomic E-state index is -4.47. The van der Waals surface area contributed by atoms with Crippen LogP contribution in [0.5, 0.6) is 11.5 Å². The van der Waals surface area contributed by atoms with Crippen molar-refractivity contribution in [1.29, 1.82) is 0 Å². The number of hydrogen-bond acceptors (Lipinski definition) is 3. The Labute approximate surface area is 122 Å². The second-order valence-electron chi connectivity index (χ2n) is 5.28. The highest BCUT2D eigenvalue weighted by Crippen LogP contribution is 2.43. The van der Waals surface area contributed by atoms with Crippen molar-refractivity contribution in [2.75, 3.05) is 20.8 Å². The molecule has 3 nitrogen and oxygen atoms in total. The number of benzene rings is 1. The zero-order chi connectivity index (χ0) is 15.6. The molecule has 2 rings (SSSR count). The minimum absolute atomic E-state index is 0.0543. The van der Waals surface area contributed by atoms with E-state index in [0.29, 0.717) is 0 Å². The summed E-state index contributed by atoms with van der Waals surface area (Å²) in [4.78, 5) is 0. The highest BCUT2D eigenvalue weighted by Gasteiger charge is 2.36. The Hall–Kier alpha value is -1.43. The summed E-state index contributed by atoms with van der Waals surface area (Å²) in [5.41, 5.74) is -0.0704. The molecule has 0 aromatic heterocycles. The van der Waals surface area contributed by atoms with E-state index in [9.17, 15) is 13.2 Å². The molecule has 2 atom stereocenters. The van der Waals surface area contributed by atoms with Gasteiger partial charge < -0.3 is 14.8 Å². The predicted molar refractivity (Wildman–Crippen MR) is 74.0 cm³/mol. The molecule has 6 heteroatoms. The Morgan fingerprint density at radius 1 is 1.19 bits per heavy atom. The van der Waals surface area contributed by atoms with Crippen LogP contribution in [0, 0.1) is 0 Å². The zero-order valence-electron chi connectivity index (χ0n) is 12.4. The first-order valence-corrected chi connectivity index (χ1v) is 6.95. The molecule has 21 heavy (non-hydrogen) atoms. The summed E-state index contributed by atoms with van der Waals surface area (Å²) in [6.07, 6.45) is -2.38. The fourth-order valence-corrected chi connectivity index (χ4v) is 2.85. The Kier molecular flexibility index (Phi) is 4.66. The van der Waals surface area contributed by atoms with E-state index in [-0.39, 0.29) is 23.5 Å². The molecule has 1 aliphatic heterocycles. The summed E-state index contributed by atoms with van der Waals surface area (Å²) in [7, 11) is 2.64. The number of halogens is 3. The third-order valence-corrected chi connectivity index (χ3v) is 4.05. The molecule has 0 saturated carbocycles. The molecule has 1 aromatic rings. The zero-order valence-corrected chi connectivity index (χ0v) is 12.4. The van der Waals surface area contributed by atoms with E-state index in [2.05, 4.69) is 5.32 Å². The lowest BCUT2D eigenvalue weighted by Crippen LogP contribution is -2.27. The first-order chi connectivity index (χ1) is 9.88. The number of alkyl halides is 3. The maximum Gasteiger partial charge on any atom is 0.420 e. The molecular formula is C15H20F3NO2. The summed E-state index contributed by atoms with van der Waals surface area (Å²) in [6, 6.07) is 2.73. The van der Waals surface area contributed by atoms with Gasteiger partial charge in [0.1, 0.15) is 17.1 Å². The molecule has 1 N–H and O–H groups in total. The molecule has 0 bridgehead atoms. The number of rotatable bonds is 4. The van der Waals surface area contributed by atoms with Gasteiger partial charge in [-0.25, -0.2) is 0 Å². The lowest BCUT2D eigenvalue weighted by Gasteiger charge is -2.24. The van der Waals surface area contributed by atoms with Crippen molar-refractivity contribution in [2.45, 2.75) is 37.9 Å². The largest absolute Gasteiger partial charge is 0.496 e. The highest BCUT2D eigenvalue weighted by molar-refractivity contribution is 5.49.